The number of nitrogens with one attached hydrogen (secondary N) is 2. The SMILES string of the molecule is Cc1c(C(=O)NCCc2c[nH]c3ccc(OCC(=O)O)cc23)ccc2c1nc(-c1ccoc1)n2C1CCCCC1.O=CO. The molecule has 0 bridgehead atoms. The Balaban J connectivity index is 0.00000118. The minimum Gasteiger partial charge on any atom is -0.483 e. The van der Waals surface area contributed by atoms with E-state index in [2.05, 4.69) is 14.9 Å². The van der Waals surface area contributed by atoms with Crippen LogP contribution in [-0.4, -0.2) is 56.2 Å². The number of aromatic amines is 1. The van der Waals surface area contributed by atoms with Crippen molar-refractivity contribution in [3.8, 4) is 17.1 Å². The number of carbonyl (C=O) groups excluding carboxylic acids is 1. The third kappa shape index (κ3) is 6.40. The zero-order chi connectivity index (χ0) is 30.3. The van der Waals surface area contributed by atoms with Gasteiger partial charge in [-0.1, -0.05) is 19.3 Å². The summed E-state index contributed by atoms with van der Waals surface area (Å²) in [7, 11) is 0. The fourth-order valence-corrected chi connectivity index (χ4v) is 5.85. The molecule has 0 aliphatic heterocycles. The molecule has 1 fully saturated rings. The minimum absolute atomic E-state index is 0.137. The molecule has 3 heterocycles. The highest BCUT2D eigenvalue weighted by atomic mass is 16.5. The van der Waals surface area contributed by atoms with Gasteiger partial charge in [0.1, 0.15) is 17.8 Å². The molecule has 0 atom stereocenters. The Morgan fingerprint density at radius 2 is 1.98 bits per heavy atom. The van der Waals surface area contributed by atoms with Gasteiger partial charge < -0.3 is 34.2 Å². The van der Waals surface area contributed by atoms with E-state index < -0.39 is 12.6 Å². The molecule has 1 aliphatic rings. The topological polar surface area (TPSA) is 160 Å². The van der Waals surface area contributed by atoms with Crippen LogP contribution in [0, 0.1) is 6.92 Å². The maximum Gasteiger partial charge on any atom is 0.341 e. The summed E-state index contributed by atoms with van der Waals surface area (Å²) in [4.78, 5) is 40.7. The zero-order valence-electron chi connectivity index (χ0n) is 23.8. The smallest absolute Gasteiger partial charge is 0.341 e. The first kappa shape index (κ1) is 29.4. The van der Waals surface area contributed by atoms with Crippen molar-refractivity contribution < 1.29 is 33.8 Å². The number of amides is 1. The van der Waals surface area contributed by atoms with Crippen LogP contribution in [0.2, 0.25) is 0 Å². The average Bonchev–Trinajstić information content (AvgIpc) is 3.76. The number of carboxylic acid groups (broad SMARTS) is 2. The van der Waals surface area contributed by atoms with Crippen molar-refractivity contribution in [1.29, 1.82) is 0 Å². The van der Waals surface area contributed by atoms with Gasteiger partial charge in [0, 0.05) is 35.2 Å². The van der Waals surface area contributed by atoms with Crippen LogP contribution in [0.3, 0.4) is 0 Å². The molecule has 0 spiro atoms. The Morgan fingerprint density at radius 1 is 1.19 bits per heavy atom. The lowest BCUT2D eigenvalue weighted by Gasteiger charge is -2.25. The lowest BCUT2D eigenvalue weighted by molar-refractivity contribution is -0.139. The molecule has 6 rings (SSSR count). The van der Waals surface area contributed by atoms with Crippen molar-refractivity contribution in [3.05, 3.63) is 71.8 Å². The van der Waals surface area contributed by atoms with Crippen LogP contribution in [-0.2, 0) is 16.0 Å². The molecule has 3 aromatic heterocycles. The molecule has 43 heavy (non-hydrogen) atoms. The first-order valence-electron chi connectivity index (χ1n) is 14.3. The summed E-state index contributed by atoms with van der Waals surface area (Å²) in [6, 6.07) is 11.7. The summed E-state index contributed by atoms with van der Waals surface area (Å²) in [5.41, 5.74) is 6.26. The number of aryl methyl sites for hydroxylation is 1. The van der Waals surface area contributed by atoms with Crippen molar-refractivity contribution >= 4 is 40.3 Å². The standard InChI is InChI=1S/C31H32N4O5.CH2O2/c1-19-24(31(38)32-13-11-20-16-33-26-9-7-23(15-25(20)26)40-18-28(36)37)8-10-27-29(19)34-30(21-12-14-39-17-21)35(27)22-5-3-2-4-6-22;2-1-3/h7-10,12,14-17,22,33H,2-6,11,13,18H2,1H3,(H,32,38)(H,36,37);1H,(H,2,3). The number of hydrogen-bond acceptors (Lipinski definition) is 6. The van der Waals surface area contributed by atoms with Crippen LogP contribution in [0.1, 0.15) is 59.6 Å². The molecule has 0 saturated heterocycles. The van der Waals surface area contributed by atoms with E-state index in [1.54, 1.807) is 18.6 Å². The summed E-state index contributed by atoms with van der Waals surface area (Å²) < 4.78 is 13.1. The lowest BCUT2D eigenvalue weighted by Crippen LogP contribution is -2.26. The fraction of sp³-hybridized carbons (Fsp3) is 0.312. The minimum atomic E-state index is -1.02. The number of H-pyrrole nitrogens is 1. The number of fused-ring (bicyclic) bond motifs is 2. The van der Waals surface area contributed by atoms with Crippen LogP contribution >= 0.6 is 0 Å². The predicted molar refractivity (Wildman–Crippen MR) is 160 cm³/mol. The number of aromatic nitrogens is 3. The summed E-state index contributed by atoms with van der Waals surface area (Å²) in [6.07, 6.45) is 11.9. The van der Waals surface area contributed by atoms with Gasteiger partial charge in [0.25, 0.3) is 12.4 Å². The predicted octanol–water partition coefficient (Wildman–Crippen LogP) is 5.73. The molecule has 1 saturated carbocycles. The van der Waals surface area contributed by atoms with E-state index in [4.69, 9.17) is 29.1 Å². The van der Waals surface area contributed by atoms with Gasteiger partial charge in [0.05, 0.1) is 22.9 Å². The average molecular weight is 587 g/mol. The van der Waals surface area contributed by atoms with Crippen LogP contribution < -0.4 is 10.1 Å². The van der Waals surface area contributed by atoms with Crippen molar-refractivity contribution in [2.45, 2.75) is 51.5 Å². The van der Waals surface area contributed by atoms with Crippen molar-refractivity contribution in [1.82, 2.24) is 19.9 Å². The Kier molecular flexibility index (Phi) is 9.09. The second-order valence-electron chi connectivity index (χ2n) is 10.5. The van der Waals surface area contributed by atoms with Gasteiger partial charge in [-0.15, -0.1) is 0 Å². The molecule has 11 heteroatoms. The molecular formula is C32H34N4O7. The van der Waals surface area contributed by atoms with Gasteiger partial charge in [-0.05, 0) is 73.7 Å². The first-order chi connectivity index (χ1) is 20.9. The van der Waals surface area contributed by atoms with E-state index in [-0.39, 0.29) is 12.4 Å². The lowest BCUT2D eigenvalue weighted by atomic mass is 9.94. The van der Waals surface area contributed by atoms with Crippen molar-refractivity contribution in [2.24, 2.45) is 0 Å². The number of imidazole rings is 1. The summed E-state index contributed by atoms with van der Waals surface area (Å²) in [5, 5.41) is 19.8. The molecule has 1 amide bonds. The highest BCUT2D eigenvalue weighted by molar-refractivity contribution is 6.00. The van der Waals surface area contributed by atoms with Crippen molar-refractivity contribution in [3.63, 3.8) is 0 Å². The highest BCUT2D eigenvalue weighted by Crippen LogP contribution is 2.37. The number of ether oxygens (including phenoxy) is 1. The molecule has 1 aliphatic carbocycles. The Bertz CT molecular complexity index is 1730. The second kappa shape index (κ2) is 13.3. The number of nitrogens with zero attached hydrogens (tertiary/aromatic N) is 2. The number of aliphatic carboxylic acids is 1. The molecule has 11 nitrogen and oxygen atoms in total. The highest BCUT2D eigenvalue weighted by Gasteiger charge is 2.25. The Labute approximate surface area is 247 Å². The normalized spacial score (nSPS) is 13.4. The third-order valence-corrected chi connectivity index (χ3v) is 7.86. The second-order valence-corrected chi connectivity index (χ2v) is 10.5. The van der Waals surface area contributed by atoms with E-state index in [9.17, 15) is 9.59 Å². The maximum atomic E-state index is 13.3. The maximum absolute atomic E-state index is 13.3. The molecule has 224 valence electrons. The van der Waals surface area contributed by atoms with Gasteiger partial charge in [-0.25, -0.2) is 9.78 Å². The van der Waals surface area contributed by atoms with Gasteiger partial charge in [0.2, 0.25) is 0 Å². The van der Waals surface area contributed by atoms with Crippen LogP contribution in [0.5, 0.6) is 5.75 Å². The Morgan fingerprint density at radius 3 is 2.70 bits per heavy atom. The summed E-state index contributed by atoms with van der Waals surface area (Å²) in [6.45, 7) is 1.76. The van der Waals surface area contributed by atoms with E-state index in [0.29, 0.717) is 30.3 Å². The van der Waals surface area contributed by atoms with Gasteiger partial charge >= 0.3 is 5.97 Å². The summed E-state index contributed by atoms with van der Waals surface area (Å²) in [5.74, 6) is 0.222. The number of hydrogen-bond donors (Lipinski definition) is 4. The summed E-state index contributed by atoms with van der Waals surface area (Å²) >= 11 is 0. The van der Waals surface area contributed by atoms with E-state index in [1.165, 1.54) is 19.3 Å². The number of rotatable bonds is 9. The third-order valence-electron chi connectivity index (χ3n) is 7.86. The Hall–Kier alpha value is -5.06. The molecule has 5 aromatic rings. The number of benzene rings is 2. The van der Waals surface area contributed by atoms with Crippen molar-refractivity contribution in [2.75, 3.05) is 13.2 Å². The molecule has 4 N–H and O–H groups in total. The molecule has 0 radical (unpaired) electrons. The monoisotopic (exact) mass is 586 g/mol. The van der Waals surface area contributed by atoms with Gasteiger partial charge in [-0.3, -0.25) is 9.59 Å². The molecule has 2 aromatic carbocycles. The van der Waals surface area contributed by atoms with Crippen LogP contribution in [0.15, 0.2) is 59.5 Å². The van der Waals surface area contributed by atoms with Gasteiger partial charge in [0.15, 0.2) is 6.61 Å². The zero-order valence-corrected chi connectivity index (χ0v) is 23.8. The fourth-order valence-electron chi connectivity index (χ4n) is 5.85. The van der Waals surface area contributed by atoms with E-state index in [1.807, 2.05) is 43.5 Å². The quantitative estimate of drug-likeness (QED) is 0.159. The number of carboxylic acids is 1. The number of furan rings is 1. The first-order valence-corrected chi connectivity index (χ1v) is 14.3. The largest absolute Gasteiger partial charge is 0.483 e. The van der Waals surface area contributed by atoms with Crippen LogP contribution in [0.4, 0.5) is 0 Å². The molecular weight excluding hydrogens is 552 g/mol. The van der Waals surface area contributed by atoms with Gasteiger partial charge in [-0.2, -0.15) is 0 Å². The molecule has 0 unspecified atom stereocenters. The van der Waals surface area contributed by atoms with Crippen LogP contribution in [0.25, 0.3) is 33.3 Å². The number of carbonyl (C=O) groups is 3. The van der Waals surface area contributed by atoms with E-state index in [0.717, 1.165) is 57.3 Å². The van der Waals surface area contributed by atoms with E-state index >= 15 is 0 Å².